The van der Waals surface area contributed by atoms with Crippen molar-refractivity contribution in [1.29, 1.82) is 0 Å². The molecule has 1 rings (SSSR count). The summed E-state index contributed by atoms with van der Waals surface area (Å²) in [6, 6.07) is 0. The van der Waals surface area contributed by atoms with Crippen molar-refractivity contribution in [2.75, 3.05) is 18.5 Å². The Morgan fingerprint density at radius 2 is 2.45 bits per heavy atom. The minimum absolute atomic E-state index is 0.248. The van der Waals surface area contributed by atoms with Gasteiger partial charge in [-0.2, -0.15) is 0 Å². The second-order valence-electron chi connectivity index (χ2n) is 2.22. The lowest BCUT2D eigenvalue weighted by atomic mass is 10.3. The Morgan fingerprint density at radius 1 is 1.55 bits per heavy atom. The zero-order chi connectivity index (χ0) is 7.94. The molecule has 4 heteroatoms. The zero-order valence-electron chi connectivity index (χ0n) is 6.29. The van der Waals surface area contributed by atoms with Crippen LogP contribution in [0.1, 0.15) is 12.8 Å². The summed E-state index contributed by atoms with van der Waals surface area (Å²) in [6.07, 6.45) is 4.77. The molecule has 0 aliphatic rings. The van der Waals surface area contributed by atoms with E-state index in [0.29, 0.717) is 5.88 Å². The Kier molecular flexibility index (Phi) is 3.47. The van der Waals surface area contributed by atoms with Crippen molar-refractivity contribution in [1.82, 2.24) is 4.98 Å². The number of nitrogens with one attached hydrogen (secondary N) is 1. The van der Waals surface area contributed by atoms with Crippen LogP contribution in [0.15, 0.2) is 17.0 Å². The van der Waals surface area contributed by atoms with Crippen molar-refractivity contribution in [3.05, 3.63) is 12.6 Å². The van der Waals surface area contributed by atoms with E-state index in [1.165, 1.54) is 6.39 Å². The lowest BCUT2D eigenvalue weighted by Gasteiger charge is -1.99. The molecule has 1 aromatic rings. The van der Waals surface area contributed by atoms with Gasteiger partial charge in [0.05, 0.1) is 6.20 Å². The quantitative estimate of drug-likeness (QED) is 0.621. The molecule has 11 heavy (non-hydrogen) atoms. The molecule has 62 valence electrons. The van der Waals surface area contributed by atoms with Crippen LogP contribution in [0.3, 0.4) is 0 Å². The number of nitrogens with zero attached hydrogens (tertiary/aromatic N) is 1. The lowest BCUT2D eigenvalue weighted by Crippen LogP contribution is -2.00. The number of anilines is 1. The molecule has 0 radical (unpaired) electrons. The number of aromatic nitrogens is 1. The minimum Gasteiger partial charge on any atom is -0.428 e. The molecule has 0 amide bonds. The van der Waals surface area contributed by atoms with E-state index in [0.717, 1.165) is 19.4 Å². The first-order valence-corrected chi connectivity index (χ1v) is 3.66. The van der Waals surface area contributed by atoms with E-state index in [2.05, 4.69) is 10.3 Å². The molecule has 2 N–H and O–H groups in total. The number of hydrogen-bond donors (Lipinski definition) is 2. The first-order chi connectivity index (χ1) is 5.43. The van der Waals surface area contributed by atoms with Crippen molar-refractivity contribution in [3.63, 3.8) is 0 Å². The zero-order valence-corrected chi connectivity index (χ0v) is 6.29. The van der Waals surface area contributed by atoms with Gasteiger partial charge in [-0.05, 0) is 12.8 Å². The fraction of sp³-hybridized carbons (Fsp3) is 0.571. The molecule has 0 atom stereocenters. The Bertz CT molecular complexity index is 175. The van der Waals surface area contributed by atoms with Crippen LogP contribution in [-0.2, 0) is 0 Å². The molecule has 0 aliphatic carbocycles. The molecule has 0 saturated heterocycles. The summed E-state index contributed by atoms with van der Waals surface area (Å²) in [6.45, 7) is 1.06. The van der Waals surface area contributed by atoms with E-state index in [1.807, 2.05) is 0 Å². The number of rotatable bonds is 5. The molecular formula is C7H12N2O2. The van der Waals surface area contributed by atoms with Gasteiger partial charge in [0, 0.05) is 13.2 Å². The van der Waals surface area contributed by atoms with Crippen LogP contribution in [-0.4, -0.2) is 23.2 Å². The third kappa shape index (κ3) is 3.04. The highest BCUT2D eigenvalue weighted by molar-refractivity contribution is 5.25. The molecule has 0 spiro atoms. The standard InChI is InChI=1S/C7H12N2O2/c10-4-2-1-3-9-7-5-8-6-11-7/h5-6,9-10H,1-4H2. The van der Waals surface area contributed by atoms with Gasteiger partial charge in [0.15, 0.2) is 6.39 Å². The van der Waals surface area contributed by atoms with Crippen molar-refractivity contribution in [2.45, 2.75) is 12.8 Å². The van der Waals surface area contributed by atoms with Crippen molar-refractivity contribution in [3.8, 4) is 0 Å². The third-order valence-corrected chi connectivity index (χ3v) is 1.32. The van der Waals surface area contributed by atoms with Crippen molar-refractivity contribution >= 4 is 5.88 Å². The fourth-order valence-corrected chi connectivity index (χ4v) is 0.751. The van der Waals surface area contributed by atoms with E-state index in [-0.39, 0.29) is 6.61 Å². The topological polar surface area (TPSA) is 58.3 Å². The second-order valence-corrected chi connectivity index (χ2v) is 2.22. The smallest absolute Gasteiger partial charge is 0.213 e. The molecule has 0 unspecified atom stereocenters. The summed E-state index contributed by atoms with van der Waals surface area (Å²) in [5, 5.41) is 11.5. The molecular weight excluding hydrogens is 144 g/mol. The maximum absolute atomic E-state index is 8.46. The van der Waals surface area contributed by atoms with Crippen LogP contribution >= 0.6 is 0 Å². The van der Waals surface area contributed by atoms with Crippen LogP contribution in [0.2, 0.25) is 0 Å². The summed E-state index contributed by atoms with van der Waals surface area (Å²) in [5.74, 6) is 0.683. The van der Waals surface area contributed by atoms with Gasteiger partial charge in [-0.25, -0.2) is 4.98 Å². The average molecular weight is 156 g/mol. The van der Waals surface area contributed by atoms with E-state index in [4.69, 9.17) is 9.52 Å². The highest BCUT2D eigenvalue weighted by atomic mass is 16.4. The number of aliphatic hydroxyl groups is 1. The largest absolute Gasteiger partial charge is 0.428 e. The van der Waals surface area contributed by atoms with Gasteiger partial charge < -0.3 is 14.8 Å². The predicted octanol–water partition coefficient (Wildman–Crippen LogP) is 0.859. The van der Waals surface area contributed by atoms with Crippen LogP contribution in [0, 0.1) is 0 Å². The van der Waals surface area contributed by atoms with Crippen LogP contribution in [0.25, 0.3) is 0 Å². The number of aliphatic hydroxyl groups excluding tert-OH is 1. The van der Waals surface area contributed by atoms with Gasteiger partial charge in [0.1, 0.15) is 0 Å². The average Bonchev–Trinajstić information content (AvgIpc) is 2.50. The molecule has 0 aromatic carbocycles. The van der Waals surface area contributed by atoms with Crippen LogP contribution in [0.5, 0.6) is 0 Å². The molecule has 1 aromatic heterocycles. The van der Waals surface area contributed by atoms with Gasteiger partial charge in [-0.3, -0.25) is 0 Å². The molecule has 0 bridgehead atoms. The van der Waals surface area contributed by atoms with Crippen LogP contribution in [0.4, 0.5) is 5.88 Å². The Labute approximate surface area is 65.2 Å². The second kappa shape index (κ2) is 4.73. The summed E-state index contributed by atoms with van der Waals surface area (Å²) >= 11 is 0. The van der Waals surface area contributed by atoms with E-state index in [1.54, 1.807) is 6.20 Å². The van der Waals surface area contributed by atoms with Crippen LogP contribution < -0.4 is 5.32 Å². The minimum atomic E-state index is 0.248. The van der Waals surface area contributed by atoms with Gasteiger partial charge in [-0.1, -0.05) is 0 Å². The highest BCUT2D eigenvalue weighted by Gasteiger charge is 1.92. The summed E-state index contributed by atoms with van der Waals surface area (Å²) in [5.41, 5.74) is 0. The maximum Gasteiger partial charge on any atom is 0.213 e. The Hall–Kier alpha value is -1.03. The summed E-state index contributed by atoms with van der Waals surface area (Å²) in [4.78, 5) is 3.74. The SMILES string of the molecule is OCCCCNc1cnco1. The van der Waals surface area contributed by atoms with Gasteiger partial charge in [0.25, 0.3) is 0 Å². The number of unbranched alkanes of at least 4 members (excludes halogenated alkanes) is 1. The first-order valence-electron chi connectivity index (χ1n) is 3.66. The lowest BCUT2D eigenvalue weighted by molar-refractivity contribution is 0.286. The van der Waals surface area contributed by atoms with E-state index < -0.39 is 0 Å². The van der Waals surface area contributed by atoms with Crippen molar-refractivity contribution < 1.29 is 9.52 Å². The molecule has 0 fully saturated rings. The van der Waals surface area contributed by atoms with Crippen molar-refractivity contribution in [2.24, 2.45) is 0 Å². The molecule has 0 saturated carbocycles. The molecule has 4 nitrogen and oxygen atoms in total. The monoisotopic (exact) mass is 156 g/mol. The van der Waals surface area contributed by atoms with Gasteiger partial charge >= 0.3 is 0 Å². The maximum atomic E-state index is 8.46. The van der Waals surface area contributed by atoms with E-state index >= 15 is 0 Å². The normalized spacial score (nSPS) is 9.91. The summed E-state index contributed by atoms with van der Waals surface area (Å²) in [7, 11) is 0. The highest BCUT2D eigenvalue weighted by Crippen LogP contribution is 2.03. The van der Waals surface area contributed by atoms with E-state index in [9.17, 15) is 0 Å². The van der Waals surface area contributed by atoms with Gasteiger partial charge in [0.2, 0.25) is 5.88 Å². The molecule has 0 aliphatic heterocycles. The third-order valence-electron chi connectivity index (χ3n) is 1.32. The summed E-state index contributed by atoms with van der Waals surface area (Å²) < 4.78 is 4.93. The number of hydrogen-bond acceptors (Lipinski definition) is 4. The van der Waals surface area contributed by atoms with Gasteiger partial charge in [-0.15, -0.1) is 0 Å². The first kappa shape index (κ1) is 8.07. The molecule has 1 heterocycles. The predicted molar refractivity (Wildman–Crippen MR) is 41.3 cm³/mol. The number of oxazole rings is 1. The Balaban J connectivity index is 2.04. The Morgan fingerprint density at radius 3 is 3.09 bits per heavy atom. The fourth-order valence-electron chi connectivity index (χ4n) is 0.751.